The van der Waals surface area contributed by atoms with Crippen LogP contribution in [0.1, 0.15) is 27.7 Å². The molecule has 1 aliphatic carbocycles. The van der Waals surface area contributed by atoms with Gasteiger partial charge >= 0.3 is 0 Å². The molecule has 2 heterocycles. The summed E-state index contributed by atoms with van der Waals surface area (Å²) in [5.74, 6) is 0.0129. The summed E-state index contributed by atoms with van der Waals surface area (Å²) < 4.78 is 27.0. The quantitative estimate of drug-likeness (QED) is 0.946. The monoisotopic (exact) mass is 299 g/mol. The van der Waals surface area contributed by atoms with Gasteiger partial charge in [0, 0.05) is 6.42 Å². The standard InChI is InChI=1S/C11H9NO3S3/c13-9-6-8(7-3-5-17-11(7)9)12-18(14,15)10-2-1-4-16-10/h1-5,8,12H,6H2/t8-/m1/s1. The molecule has 0 aromatic carbocycles. The molecule has 0 unspecified atom stereocenters. The predicted octanol–water partition coefficient (Wildman–Crippen LogP) is 2.42. The van der Waals surface area contributed by atoms with Gasteiger partial charge in [-0.1, -0.05) is 6.07 Å². The smallest absolute Gasteiger partial charge is 0.250 e. The first kappa shape index (κ1) is 12.0. The fraction of sp³-hybridized carbons (Fsp3) is 0.182. The van der Waals surface area contributed by atoms with Crippen molar-refractivity contribution in [2.24, 2.45) is 0 Å². The summed E-state index contributed by atoms with van der Waals surface area (Å²) in [6.45, 7) is 0. The van der Waals surface area contributed by atoms with Gasteiger partial charge in [-0.05, 0) is 28.5 Å². The number of ketones is 1. The maximum Gasteiger partial charge on any atom is 0.250 e. The Balaban J connectivity index is 1.90. The van der Waals surface area contributed by atoms with Crippen LogP contribution in [-0.4, -0.2) is 14.2 Å². The fourth-order valence-electron chi connectivity index (χ4n) is 1.98. The summed E-state index contributed by atoms with van der Waals surface area (Å²) in [6.07, 6.45) is 0.215. The van der Waals surface area contributed by atoms with Gasteiger partial charge in [0.25, 0.3) is 10.0 Å². The third kappa shape index (κ3) is 1.93. The molecule has 0 fully saturated rings. The van der Waals surface area contributed by atoms with Gasteiger partial charge in [0.05, 0.1) is 10.9 Å². The predicted molar refractivity (Wildman–Crippen MR) is 70.6 cm³/mol. The van der Waals surface area contributed by atoms with Gasteiger partial charge in [-0.15, -0.1) is 22.7 Å². The van der Waals surface area contributed by atoms with Gasteiger partial charge in [0.2, 0.25) is 0 Å². The van der Waals surface area contributed by atoms with Gasteiger partial charge in [0.15, 0.2) is 5.78 Å². The van der Waals surface area contributed by atoms with Crippen molar-refractivity contribution in [3.63, 3.8) is 0 Å². The van der Waals surface area contributed by atoms with Crippen molar-refractivity contribution in [3.8, 4) is 0 Å². The van der Waals surface area contributed by atoms with E-state index in [1.165, 1.54) is 11.3 Å². The number of Topliss-reactive ketones (excluding diaryl/α,β-unsaturated/α-hetero) is 1. The van der Waals surface area contributed by atoms with Crippen LogP contribution in [0.3, 0.4) is 0 Å². The third-order valence-electron chi connectivity index (χ3n) is 2.77. The van der Waals surface area contributed by atoms with E-state index in [9.17, 15) is 13.2 Å². The molecule has 7 heteroatoms. The topological polar surface area (TPSA) is 63.2 Å². The molecular formula is C11H9NO3S3. The number of carbonyl (C=O) groups excluding carboxylic acids is 1. The lowest BCUT2D eigenvalue weighted by atomic mass is 10.2. The van der Waals surface area contributed by atoms with Crippen LogP contribution in [0, 0.1) is 0 Å². The molecule has 0 aliphatic heterocycles. The van der Waals surface area contributed by atoms with Gasteiger partial charge in [-0.2, -0.15) is 0 Å². The van der Waals surface area contributed by atoms with E-state index >= 15 is 0 Å². The van der Waals surface area contributed by atoms with Crippen molar-refractivity contribution in [3.05, 3.63) is 39.4 Å². The van der Waals surface area contributed by atoms with Crippen molar-refractivity contribution in [1.82, 2.24) is 4.72 Å². The molecule has 0 saturated carbocycles. The van der Waals surface area contributed by atoms with Crippen molar-refractivity contribution in [2.45, 2.75) is 16.7 Å². The normalized spacial score (nSPS) is 19.1. The second kappa shape index (κ2) is 4.27. The highest BCUT2D eigenvalue weighted by atomic mass is 32.2. The Bertz CT molecular complexity index is 685. The van der Waals surface area contributed by atoms with E-state index in [4.69, 9.17) is 0 Å². The summed E-state index contributed by atoms with van der Waals surface area (Å²) in [7, 11) is -3.52. The summed E-state index contributed by atoms with van der Waals surface area (Å²) in [6, 6.07) is 4.63. The van der Waals surface area contributed by atoms with E-state index in [1.54, 1.807) is 17.5 Å². The molecule has 0 bridgehead atoms. The van der Waals surface area contributed by atoms with Crippen molar-refractivity contribution in [1.29, 1.82) is 0 Å². The van der Waals surface area contributed by atoms with Crippen LogP contribution in [-0.2, 0) is 10.0 Å². The van der Waals surface area contributed by atoms with Crippen LogP contribution in [0.15, 0.2) is 33.2 Å². The first-order valence-corrected chi connectivity index (χ1v) is 8.48. The lowest BCUT2D eigenvalue weighted by molar-refractivity contribution is 0.0991. The molecule has 4 nitrogen and oxygen atoms in total. The van der Waals surface area contributed by atoms with Gasteiger partial charge in [-0.3, -0.25) is 4.79 Å². The molecule has 3 rings (SSSR count). The van der Waals surface area contributed by atoms with E-state index in [-0.39, 0.29) is 16.4 Å². The maximum absolute atomic E-state index is 12.1. The zero-order valence-corrected chi connectivity index (χ0v) is 11.6. The lowest BCUT2D eigenvalue weighted by Gasteiger charge is -2.11. The van der Waals surface area contributed by atoms with E-state index in [2.05, 4.69) is 4.72 Å². The highest BCUT2D eigenvalue weighted by Gasteiger charge is 2.33. The summed E-state index contributed by atoms with van der Waals surface area (Å²) in [5, 5.41) is 3.53. The first-order chi connectivity index (χ1) is 8.58. The minimum atomic E-state index is -3.52. The highest BCUT2D eigenvalue weighted by Crippen LogP contribution is 2.35. The largest absolute Gasteiger partial charge is 0.293 e. The number of sulfonamides is 1. The molecule has 1 aliphatic rings. The first-order valence-electron chi connectivity index (χ1n) is 5.24. The van der Waals surface area contributed by atoms with Crippen molar-refractivity contribution in [2.75, 3.05) is 0 Å². The number of fused-ring (bicyclic) bond motifs is 1. The average molecular weight is 299 g/mol. The fourth-order valence-corrected chi connectivity index (χ4v) is 5.11. The average Bonchev–Trinajstić information content (AvgIpc) is 3.01. The molecule has 2 aromatic heterocycles. The van der Waals surface area contributed by atoms with Crippen molar-refractivity contribution < 1.29 is 13.2 Å². The Morgan fingerprint density at radius 3 is 2.78 bits per heavy atom. The summed E-state index contributed by atoms with van der Waals surface area (Å²) >= 11 is 2.53. The van der Waals surface area contributed by atoms with Gasteiger partial charge in [0.1, 0.15) is 4.21 Å². The van der Waals surface area contributed by atoms with Gasteiger partial charge < -0.3 is 0 Å². The van der Waals surface area contributed by atoms with Crippen LogP contribution in [0.4, 0.5) is 0 Å². The molecule has 1 N–H and O–H groups in total. The number of nitrogens with one attached hydrogen (secondary N) is 1. The molecule has 0 spiro atoms. The van der Waals surface area contributed by atoms with Crippen LogP contribution in [0.25, 0.3) is 0 Å². The molecule has 0 saturated heterocycles. The molecule has 0 radical (unpaired) electrons. The Hall–Kier alpha value is -1.02. The third-order valence-corrected chi connectivity index (χ3v) is 6.61. The van der Waals surface area contributed by atoms with Gasteiger partial charge in [-0.25, -0.2) is 13.1 Å². The molecule has 1 atom stereocenters. The van der Waals surface area contributed by atoms with E-state index in [0.717, 1.165) is 16.9 Å². The number of thiophene rings is 2. The number of hydrogen-bond donors (Lipinski definition) is 1. The number of rotatable bonds is 3. The van der Waals surface area contributed by atoms with E-state index < -0.39 is 16.1 Å². The van der Waals surface area contributed by atoms with Crippen LogP contribution < -0.4 is 4.72 Å². The van der Waals surface area contributed by atoms with Crippen LogP contribution in [0.5, 0.6) is 0 Å². The molecule has 2 aromatic rings. The Morgan fingerprint density at radius 2 is 2.06 bits per heavy atom. The number of hydrogen-bond acceptors (Lipinski definition) is 5. The van der Waals surface area contributed by atoms with Crippen LogP contribution >= 0.6 is 22.7 Å². The van der Waals surface area contributed by atoms with Crippen LogP contribution in [0.2, 0.25) is 0 Å². The molecular weight excluding hydrogens is 290 g/mol. The second-order valence-electron chi connectivity index (χ2n) is 3.94. The molecule has 18 heavy (non-hydrogen) atoms. The maximum atomic E-state index is 12.1. The Kier molecular flexibility index (Phi) is 2.86. The zero-order valence-electron chi connectivity index (χ0n) is 9.12. The molecule has 94 valence electrons. The van der Waals surface area contributed by atoms with E-state index in [0.29, 0.717) is 4.88 Å². The minimum Gasteiger partial charge on any atom is -0.293 e. The summed E-state index contributed by atoms with van der Waals surface area (Å²) in [4.78, 5) is 12.4. The van der Waals surface area contributed by atoms with E-state index in [1.807, 2.05) is 11.4 Å². The summed E-state index contributed by atoms with van der Waals surface area (Å²) in [5.41, 5.74) is 0.796. The highest BCUT2D eigenvalue weighted by molar-refractivity contribution is 7.91. The Morgan fingerprint density at radius 1 is 1.22 bits per heavy atom. The van der Waals surface area contributed by atoms with Crippen molar-refractivity contribution >= 4 is 38.5 Å². The number of carbonyl (C=O) groups is 1. The zero-order chi connectivity index (χ0) is 12.8. The molecule has 0 amide bonds. The lowest BCUT2D eigenvalue weighted by Crippen LogP contribution is -2.26. The second-order valence-corrected chi connectivity index (χ2v) is 7.74. The Labute approximate surface area is 112 Å². The SMILES string of the molecule is O=C1C[C@@H](NS(=O)(=O)c2cccs2)c2ccsc21. The minimum absolute atomic E-state index is 0.0129.